The van der Waals surface area contributed by atoms with Crippen LogP contribution >= 0.6 is 0 Å². The zero-order chi connectivity index (χ0) is 18.5. The van der Waals surface area contributed by atoms with Crippen molar-refractivity contribution < 1.29 is 14.7 Å². The van der Waals surface area contributed by atoms with E-state index in [2.05, 4.69) is 15.3 Å². The number of anilines is 1. The predicted molar refractivity (Wildman–Crippen MR) is 102 cm³/mol. The molecule has 3 aromatic rings. The molecule has 0 atom stereocenters. The number of carbonyl (C=O) groups excluding carboxylic acids is 1. The maximum atomic E-state index is 11.7. The number of aliphatic carboxylic acids is 1. The Kier molecular flexibility index (Phi) is 5.12. The molecule has 1 amide bonds. The van der Waals surface area contributed by atoms with Crippen molar-refractivity contribution in [3.63, 3.8) is 0 Å². The number of pyridine rings is 1. The van der Waals surface area contributed by atoms with E-state index in [4.69, 9.17) is 0 Å². The number of aromatic amines is 1. The van der Waals surface area contributed by atoms with E-state index in [-0.39, 0.29) is 11.5 Å². The van der Waals surface area contributed by atoms with Gasteiger partial charge in [0.25, 0.3) is 0 Å². The molecular formula is C20H19N3O3. The monoisotopic (exact) mass is 349 g/mol. The van der Waals surface area contributed by atoms with E-state index in [1.165, 1.54) is 0 Å². The molecule has 0 bridgehead atoms. The van der Waals surface area contributed by atoms with Crippen LogP contribution in [-0.4, -0.2) is 27.0 Å². The van der Waals surface area contributed by atoms with Gasteiger partial charge in [-0.25, -0.2) is 9.78 Å². The number of amides is 1. The number of rotatable bonds is 6. The molecule has 0 saturated heterocycles. The maximum Gasteiger partial charge on any atom is 0.336 e. The fourth-order valence-electron chi connectivity index (χ4n) is 2.69. The second-order valence-electron chi connectivity index (χ2n) is 5.86. The minimum absolute atomic E-state index is 0.0803. The normalized spacial score (nSPS) is 11.5. The summed E-state index contributed by atoms with van der Waals surface area (Å²) >= 11 is 0. The minimum Gasteiger partial charge on any atom is -0.478 e. The molecule has 0 saturated carbocycles. The van der Waals surface area contributed by atoms with Crippen molar-refractivity contribution in [2.24, 2.45) is 0 Å². The van der Waals surface area contributed by atoms with Crippen LogP contribution in [0.3, 0.4) is 0 Å². The second-order valence-corrected chi connectivity index (χ2v) is 5.86. The van der Waals surface area contributed by atoms with Gasteiger partial charge in [-0.1, -0.05) is 37.3 Å². The Balaban J connectivity index is 1.95. The summed E-state index contributed by atoms with van der Waals surface area (Å²) in [4.78, 5) is 30.8. The highest BCUT2D eigenvalue weighted by molar-refractivity contribution is 6.21. The van der Waals surface area contributed by atoms with Crippen molar-refractivity contribution in [2.45, 2.75) is 19.8 Å². The molecule has 0 fully saturated rings. The largest absolute Gasteiger partial charge is 0.478 e. The fourth-order valence-corrected chi connectivity index (χ4v) is 2.69. The Labute approximate surface area is 150 Å². The fraction of sp³-hybridized carbons (Fsp3) is 0.150. The number of H-pyrrole nitrogens is 1. The first kappa shape index (κ1) is 17.4. The van der Waals surface area contributed by atoms with Crippen molar-refractivity contribution in [1.29, 1.82) is 0 Å². The van der Waals surface area contributed by atoms with Crippen LogP contribution in [-0.2, 0) is 9.59 Å². The average molecular weight is 349 g/mol. The summed E-state index contributed by atoms with van der Waals surface area (Å²) in [5, 5.41) is 13.1. The molecule has 0 radical (unpaired) electrons. The van der Waals surface area contributed by atoms with E-state index in [9.17, 15) is 14.7 Å². The number of carboxylic acids is 1. The van der Waals surface area contributed by atoms with E-state index in [0.717, 1.165) is 17.4 Å². The Morgan fingerprint density at radius 1 is 1.19 bits per heavy atom. The number of benzene rings is 1. The highest BCUT2D eigenvalue weighted by Gasteiger charge is 2.12. The van der Waals surface area contributed by atoms with Gasteiger partial charge < -0.3 is 15.4 Å². The lowest BCUT2D eigenvalue weighted by atomic mass is 10.0. The van der Waals surface area contributed by atoms with E-state index < -0.39 is 5.97 Å². The quantitative estimate of drug-likeness (QED) is 0.588. The van der Waals surface area contributed by atoms with Gasteiger partial charge in [0.05, 0.1) is 5.57 Å². The number of hydrogen-bond donors (Lipinski definition) is 3. The zero-order valence-corrected chi connectivity index (χ0v) is 14.3. The molecule has 0 aliphatic heterocycles. The summed E-state index contributed by atoms with van der Waals surface area (Å²) in [6, 6.07) is 12.5. The molecule has 1 aromatic carbocycles. The van der Waals surface area contributed by atoms with Crippen LogP contribution in [0.4, 0.5) is 5.82 Å². The second kappa shape index (κ2) is 7.65. The lowest BCUT2D eigenvalue weighted by Gasteiger charge is -2.04. The van der Waals surface area contributed by atoms with Gasteiger partial charge in [-0.05, 0) is 30.2 Å². The average Bonchev–Trinajstić information content (AvgIpc) is 3.02. The topological polar surface area (TPSA) is 95.1 Å². The molecule has 6 heteroatoms. The van der Waals surface area contributed by atoms with E-state index >= 15 is 0 Å². The third kappa shape index (κ3) is 3.80. The van der Waals surface area contributed by atoms with Crippen LogP contribution in [0.25, 0.3) is 22.7 Å². The molecule has 132 valence electrons. The van der Waals surface area contributed by atoms with Crippen molar-refractivity contribution in [2.75, 3.05) is 5.32 Å². The molecule has 26 heavy (non-hydrogen) atoms. The van der Waals surface area contributed by atoms with E-state index in [0.29, 0.717) is 23.4 Å². The van der Waals surface area contributed by atoms with Crippen LogP contribution < -0.4 is 5.32 Å². The van der Waals surface area contributed by atoms with Crippen LogP contribution in [0.15, 0.2) is 48.7 Å². The molecule has 0 aliphatic rings. The van der Waals surface area contributed by atoms with Crippen molar-refractivity contribution in [3.05, 3.63) is 59.8 Å². The molecule has 2 heterocycles. The first-order valence-electron chi connectivity index (χ1n) is 8.37. The third-order valence-electron chi connectivity index (χ3n) is 3.93. The number of aromatic nitrogens is 2. The summed E-state index contributed by atoms with van der Waals surface area (Å²) in [6.45, 7) is 1.94. The van der Waals surface area contributed by atoms with Crippen LogP contribution in [0.1, 0.15) is 30.9 Å². The zero-order valence-electron chi connectivity index (χ0n) is 14.3. The predicted octanol–water partition coefficient (Wildman–Crippen LogP) is 3.93. The molecule has 6 nitrogen and oxygen atoms in total. The van der Waals surface area contributed by atoms with Gasteiger partial charge in [0, 0.05) is 23.6 Å². The van der Waals surface area contributed by atoms with Crippen molar-refractivity contribution in [3.8, 4) is 0 Å². The lowest BCUT2D eigenvalue weighted by molar-refractivity contribution is -0.130. The summed E-state index contributed by atoms with van der Waals surface area (Å²) in [5.74, 6) is -0.611. The van der Waals surface area contributed by atoms with Gasteiger partial charge in [0.1, 0.15) is 11.5 Å². The lowest BCUT2D eigenvalue weighted by Crippen LogP contribution is -2.11. The Morgan fingerprint density at radius 2 is 1.96 bits per heavy atom. The van der Waals surface area contributed by atoms with E-state index in [1.807, 2.05) is 19.1 Å². The minimum atomic E-state index is -0.998. The summed E-state index contributed by atoms with van der Waals surface area (Å²) in [5.41, 5.74) is 2.14. The van der Waals surface area contributed by atoms with Gasteiger partial charge >= 0.3 is 5.97 Å². The smallest absolute Gasteiger partial charge is 0.336 e. The van der Waals surface area contributed by atoms with Crippen LogP contribution in [0.5, 0.6) is 0 Å². The molecule has 0 unspecified atom stereocenters. The highest BCUT2D eigenvalue weighted by Crippen LogP contribution is 2.24. The van der Waals surface area contributed by atoms with E-state index in [1.54, 1.807) is 42.6 Å². The summed E-state index contributed by atoms with van der Waals surface area (Å²) < 4.78 is 0. The van der Waals surface area contributed by atoms with Gasteiger partial charge in [0.15, 0.2) is 0 Å². The molecule has 0 spiro atoms. The Morgan fingerprint density at radius 3 is 2.65 bits per heavy atom. The Hall–Kier alpha value is -3.41. The van der Waals surface area contributed by atoms with Crippen LogP contribution in [0, 0.1) is 0 Å². The number of nitrogens with one attached hydrogen (secondary N) is 2. The summed E-state index contributed by atoms with van der Waals surface area (Å²) in [7, 11) is 0. The highest BCUT2D eigenvalue weighted by atomic mass is 16.4. The van der Waals surface area contributed by atoms with Gasteiger partial charge in [-0.15, -0.1) is 0 Å². The molecular weight excluding hydrogens is 330 g/mol. The first-order chi connectivity index (χ1) is 12.6. The SMILES string of the molecule is CCCC(=O)Nc1ccc2c(/C=C(/C(=O)O)c3ccccc3)c[nH]c2n1. The molecule has 2 aromatic heterocycles. The number of hydrogen-bond acceptors (Lipinski definition) is 3. The van der Waals surface area contributed by atoms with Crippen molar-refractivity contribution >= 4 is 40.4 Å². The van der Waals surface area contributed by atoms with Crippen LogP contribution in [0.2, 0.25) is 0 Å². The standard InChI is InChI=1S/C20H19N3O3/c1-2-6-18(24)22-17-10-9-15-14(12-21-19(15)23-17)11-16(20(25)26)13-7-4-3-5-8-13/h3-5,7-12H,2,6H2,1H3,(H,25,26)(H2,21,22,23,24)/b16-11+. The molecule has 3 N–H and O–H groups in total. The van der Waals surface area contributed by atoms with Gasteiger partial charge in [-0.2, -0.15) is 0 Å². The van der Waals surface area contributed by atoms with Gasteiger partial charge in [-0.3, -0.25) is 4.79 Å². The number of carboxylic acid groups (broad SMARTS) is 1. The number of nitrogens with zero attached hydrogens (tertiary/aromatic N) is 1. The van der Waals surface area contributed by atoms with Gasteiger partial charge in [0.2, 0.25) is 5.91 Å². The summed E-state index contributed by atoms with van der Waals surface area (Å²) in [6.07, 6.45) is 4.54. The maximum absolute atomic E-state index is 11.7. The third-order valence-corrected chi connectivity index (χ3v) is 3.93. The Bertz CT molecular complexity index is 974. The number of carbonyl (C=O) groups is 2. The molecule has 0 aliphatic carbocycles. The first-order valence-corrected chi connectivity index (χ1v) is 8.37. The van der Waals surface area contributed by atoms with Crippen molar-refractivity contribution in [1.82, 2.24) is 9.97 Å². The number of fused-ring (bicyclic) bond motifs is 1. The molecule has 3 rings (SSSR count).